The molecule has 7 heteroatoms. The highest BCUT2D eigenvalue weighted by molar-refractivity contribution is 9.11. The fraction of sp³-hybridized carbons (Fsp3) is 0.0556. The summed E-state index contributed by atoms with van der Waals surface area (Å²) in [6, 6.07) is 11.6. The Balaban J connectivity index is 2.38. The summed E-state index contributed by atoms with van der Waals surface area (Å²) in [5.74, 6) is 0.644. The van der Waals surface area contributed by atoms with E-state index in [1.807, 2.05) is 12.1 Å². The second-order valence-electron chi connectivity index (χ2n) is 4.89. The van der Waals surface area contributed by atoms with E-state index in [0.29, 0.717) is 23.5 Å². The maximum Gasteiger partial charge on any atom is 0.269 e. The SMILES string of the molecule is C=CCOc1c(Br)cc(/C=C(\C#N)c2ccc([N+](=O)[O-])cc2)cc1Br. The van der Waals surface area contributed by atoms with Crippen LogP contribution in [-0.2, 0) is 0 Å². The van der Waals surface area contributed by atoms with Crippen LogP contribution in [0, 0.1) is 21.4 Å². The van der Waals surface area contributed by atoms with Gasteiger partial charge in [0.15, 0.2) is 0 Å². The molecule has 2 aromatic carbocycles. The van der Waals surface area contributed by atoms with Gasteiger partial charge in [-0.2, -0.15) is 5.26 Å². The number of nitro benzene ring substituents is 1. The van der Waals surface area contributed by atoms with Crippen LogP contribution in [0.25, 0.3) is 11.6 Å². The normalized spacial score (nSPS) is 10.8. The molecule has 2 aromatic rings. The Morgan fingerprint density at radius 3 is 2.36 bits per heavy atom. The quantitative estimate of drug-likeness (QED) is 0.180. The average molecular weight is 464 g/mol. The molecule has 0 saturated carbocycles. The van der Waals surface area contributed by atoms with Gasteiger partial charge in [0.1, 0.15) is 12.4 Å². The zero-order valence-electron chi connectivity index (χ0n) is 12.9. The predicted molar refractivity (Wildman–Crippen MR) is 104 cm³/mol. The molecule has 0 aromatic heterocycles. The molecule has 0 saturated heterocycles. The summed E-state index contributed by atoms with van der Waals surface area (Å²) in [4.78, 5) is 10.2. The number of non-ortho nitro benzene ring substituents is 1. The van der Waals surface area contributed by atoms with Crippen molar-refractivity contribution < 1.29 is 9.66 Å². The minimum Gasteiger partial charge on any atom is -0.487 e. The first kappa shape index (κ1) is 18.9. The van der Waals surface area contributed by atoms with E-state index in [0.717, 1.165) is 14.5 Å². The van der Waals surface area contributed by atoms with E-state index in [9.17, 15) is 15.4 Å². The summed E-state index contributed by atoms with van der Waals surface area (Å²) < 4.78 is 7.03. The number of benzene rings is 2. The van der Waals surface area contributed by atoms with Crippen molar-refractivity contribution in [2.75, 3.05) is 6.61 Å². The molecule has 0 aliphatic carbocycles. The van der Waals surface area contributed by atoms with E-state index in [2.05, 4.69) is 44.5 Å². The van der Waals surface area contributed by atoms with Gasteiger partial charge in [0, 0.05) is 12.1 Å². The highest BCUT2D eigenvalue weighted by Gasteiger charge is 2.10. The predicted octanol–water partition coefficient (Wildman–Crippen LogP) is 5.75. The molecule has 5 nitrogen and oxygen atoms in total. The van der Waals surface area contributed by atoms with Crippen molar-refractivity contribution in [3.05, 3.63) is 79.2 Å². The zero-order chi connectivity index (χ0) is 18.4. The van der Waals surface area contributed by atoms with Gasteiger partial charge in [-0.15, -0.1) is 0 Å². The van der Waals surface area contributed by atoms with Gasteiger partial charge in [0.25, 0.3) is 5.69 Å². The highest BCUT2D eigenvalue weighted by Crippen LogP contribution is 2.36. The molecule has 0 atom stereocenters. The molecule has 0 heterocycles. The summed E-state index contributed by atoms with van der Waals surface area (Å²) in [6.07, 6.45) is 3.35. The van der Waals surface area contributed by atoms with Crippen molar-refractivity contribution in [1.82, 2.24) is 0 Å². The van der Waals surface area contributed by atoms with E-state index < -0.39 is 4.92 Å². The fourth-order valence-corrected chi connectivity index (χ4v) is 3.50. The third-order valence-electron chi connectivity index (χ3n) is 3.19. The van der Waals surface area contributed by atoms with Crippen LogP contribution in [0.2, 0.25) is 0 Å². The van der Waals surface area contributed by atoms with E-state index >= 15 is 0 Å². The van der Waals surface area contributed by atoms with Gasteiger partial charge in [-0.25, -0.2) is 0 Å². The minimum absolute atomic E-state index is 0.0183. The van der Waals surface area contributed by atoms with Crippen molar-refractivity contribution >= 4 is 49.2 Å². The molecular weight excluding hydrogens is 452 g/mol. The Bertz CT molecular complexity index is 861. The summed E-state index contributed by atoms with van der Waals surface area (Å²) >= 11 is 6.89. The van der Waals surface area contributed by atoms with Crippen LogP contribution >= 0.6 is 31.9 Å². The van der Waals surface area contributed by atoms with Gasteiger partial charge >= 0.3 is 0 Å². The third-order valence-corrected chi connectivity index (χ3v) is 4.36. The number of nitriles is 1. The second kappa shape index (κ2) is 8.60. The number of halogens is 2. The van der Waals surface area contributed by atoms with Crippen LogP contribution < -0.4 is 4.74 Å². The number of nitrogens with zero attached hydrogens (tertiary/aromatic N) is 2. The molecule has 0 amide bonds. The second-order valence-corrected chi connectivity index (χ2v) is 6.60. The van der Waals surface area contributed by atoms with Crippen LogP contribution in [-0.4, -0.2) is 11.5 Å². The Morgan fingerprint density at radius 2 is 1.88 bits per heavy atom. The topological polar surface area (TPSA) is 76.2 Å². The first-order chi connectivity index (χ1) is 12.0. The Kier molecular flexibility index (Phi) is 6.51. The largest absolute Gasteiger partial charge is 0.487 e. The van der Waals surface area contributed by atoms with Crippen molar-refractivity contribution in [2.45, 2.75) is 0 Å². The zero-order valence-corrected chi connectivity index (χ0v) is 16.1. The molecule has 126 valence electrons. The maximum absolute atomic E-state index is 10.7. The number of rotatable bonds is 6. The molecule has 0 aliphatic rings. The van der Waals surface area contributed by atoms with Crippen LogP contribution in [0.4, 0.5) is 5.69 Å². The van der Waals surface area contributed by atoms with Gasteiger partial charge in [0.2, 0.25) is 0 Å². The van der Waals surface area contributed by atoms with Gasteiger partial charge in [-0.3, -0.25) is 10.1 Å². The van der Waals surface area contributed by atoms with Crippen molar-refractivity contribution in [1.29, 1.82) is 5.26 Å². The Hall–Kier alpha value is -2.43. The van der Waals surface area contributed by atoms with Crippen molar-refractivity contribution in [2.24, 2.45) is 0 Å². The van der Waals surface area contributed by atoms with Crippen molar-refractivity contribution in [3.8, 4) is 11.8 Å². The molecule has 0 N–H and O–H groups in total. The molecule has 0 bridgehead atoms. The van der Waals surface area contributed by atoms with Gasteiger partial charge in [-0.05, 0) is 73.3 Å². The summed E-state index contributed by atoms with van der Waals surface area (Å²) in [5.41, 5.74) is 1.76. The summed E-state index contributed by atoms with van der Waals surface area (Å²) in [6.45, 7) is 3.98. The molecular formula is C18H12Br2N2O3. The minimum atomic E-state index is -0.476. The van der Waals surface area contributed by atoms with Crippen LogP contribution in [0.15, 0.2) is 58.0 Å². The standard InChI is InChI=1S/C18H12Br2N2O3/c1-2-7-25-18-16(19)9-12(10-17(18)20)8-14(11-21)13-3-5-15(6-4-13)22(23)24/h2-6,8-10H,1,7H2/b14-8+. The average Bonchev–Trinajstić information content (AvgIpc) is 2.59. The number of hydrogen-bond acceptors (Lipinski definition) is 4. The lowest BCUT2D eigenvalue weighted by Gasteiger charge is -2.10. The van der Waals surface area contributed by atoms with Crippen LogP contribution in [0.3, 0.4) is 0 Å². The summed E-state index contributed by atoms with van der Waals surface area (Å²) in [5, 5.41) is 20.1. The molecule has 0 radical (unpaired) electrons. The van der Waals surface area contributed by atoms with E-state index in [4.69, 9.17) is 4.74 Å². The third kappa shape index (κ3) is 4.78. The number of hydrogen-bond donors (Lipinski definition) is 0. The van der Waals surface area contributed by atoms with E-state index in [1.54, 1.807) is 24.3 Å². The lowest BCUT2D eigenvalue weighted by molar-refractivity contribution is -0.384. The molecule has 0 fully saturated rings. The summed E-state index contributed by atoms with van der Waals surface area (Å²) in [7, 11) is 0. The van der Waals surface area contributed by atoms with Crippen molar-refractivity contribution in [3.63, 3.8) is 0 Å². The monoisotopic (exact) mass is 462 g/mol. The van der Waals surface area contributed by atoms with Gasteiger partial charge < -0.3 is 4.74 Å². The van der Waals surface area contributed by atoms with Crippen LogP contribution in [0.5, 0.6) is 5.75 Å². The number of nitro groups is 1. The van der Waals surface area contributed by atoms with Gasteiger partial charge in [0.05, 0.1) is 25.5 Å². The maximum atomic E-state index is 10.7. The smallest absolute Gasteiger partial charge is 0.269 e. The highest BCUT2D eigenvalue weighted by atomic mass is 79.9. The molecule has 0 spiro atoms. The first-order valence-electron chi connectivity index (χ1n) is 7.05. The first-order valence-corrected chi connectivity index (χ1v) is 8.64. The van der Waals surface area contributed by atoms with E-state index in [-0.39, 0.29) is 5.69 Å². The lowest BCUT2D eigenvalue weighted by atomic mass is 10.0. The fourth-order valence-electron chi connectivity index (χ4n) is 2.05. The molecule has 0 unspecified atom stereocenters. The Morgan fingerprint density at radius 1 is 1.28 bits per heavy atom. The Labute approximate surface area is 161 Å². The molecule has 0 aliphatic heterocycles. The lowest BCUT2D eigenvalue weighted by Crippen LogP contribution is -1.95. The number of ether oxygens (including phenoxy) is 1. The molecule has 2 rings (SSSR count). The molecule has 25 heavy (non-hydrogen) atoms. The van der Waals surface area contributed by atoms with Gasteiger partial charge in [-0.1, -0.05) is 12.7 Å². The van der Waals surface area contributed by atoms with E-state index in [1.165, 1.54) is 12.1 Å². The number of allylic oxidation sites excluding steroid dienone is 1. The van der Waals surface area contributed by atoms with Crippen LogP contribution in [0.1, 0.15) is 11.1 Å².